The fourth-order valence-corrected chi connectivity index (χ4v) is 1.30. The van der Waals surface area contributed by atoms with Crippen LogP contribution in [0, 0.1) is 5.41 Å². The van der Waals surface area contributed by atoms with Gasteiger partial charge in [-0.3, -0.25) is 10.3 Å². The zero-order valence-electron chi connectivity index (χ0n) is 7.43. The molecule has 0 saturated carbocycles. The summed E-state index contributed by atoms with van der Waals surface area (Å²) in [6.07, 6.45) is 1.68. The first-order valence-corrected chi connectivity index (χ1v) is 4.23. The van der Waals surface area contributed by atoms with Crippen LogP contribution >= 0.6 is 0 Å². The van der Waals surface area contributed by atoms with Gasteiger partial charge in [0.1, 0.15) is 5.84 Å². The lowest BCUT2D eigenvalue weighted by atomic mass is 10.2. The zero-order valence-corrected chi connectivity index (χ0v) is 7.43. The lowest BCUT2D eigenvalue weighted by Crippen LogP contribution is -2.42. The van der Waals surface area contributed by atoms with Crippen LogP contribution in [0.5, 0.6) is 0 Å². The molecule has 1 aliphatic heterocycles. The van der Waals surface area contributed by atoms with E-state index in [0.717, 1.165) is 31.9 Å². The molecule has 4 nitrogen and oxygen atoms in total. The van der Waals surface area contributed by atoms with E-state index in [4.69, 9.17) is 11.1 Å². The van der Waals surface area contributed by atoms with Crippen LogP contribution in [0.2, 0.25) is 0 Å². The van der Waals surface area contributed by atoms with Gasteiger partial charge in [0.15, 0.2) is 0 Å². The van der Waals surface area contributed by atoms with E-state index >= 15 is 0 Å². The summed E-state index contributed by atoms with van der Waals surface area (Å²) < 4.78 is 0. The summed E-state index contributed by atoms with van der Waals surface area (Å²) >= 11 is 0. The number of piperazine rings is 1. The summed E-state index contributed by atoms with van der Waals surface area (Å²) in [6.45, 7) is 6.10. The number of nitrogens with zero attached hydrogens (tertiary/aromatic N) is 1. The van der Waals surface area contributed by atoms with Gasteiger partial charge in [-0.2, -0.15) is 0 Å². The number of hydrogen-bond donors (Lipinski definition) is 3. The Balaban J connectivity index is 2.51. The number of likely N-dealkylation sites (N-methyl/N-ethyl adjacent to an activating group) is 1. The number of hydrogen-bond acceptors (Lipinski definition) is 3. The topological polar surface area (TPSA) is 65.1 Å². The van der Waals surface area contributed by atoms with Crippen molar-refractivity contribution in [3.8, 4) is 0 Å². The molecule has 1 aliphatic rings. The Kier molecular flexibility index (Phi) is 3.10. The van der Waals surface area contributed by atoms with Crippen LogP contribution in [-0.2, 0) is 0 Å². The Labute approximate surface area is 72.9 Å². The maximum atomic E-state index is 7.10. The second-order valence-corrected chi connectivity index (χ2v) is 2.92. The lowest BCUT2D eigenvalue weighted by molar-refractivity contribution is 0.280. The minimum atomic E-state index is 0.121. The molecule has 1 rings (SSSR count). The molecule has 0 aromatic heterocycles. The summed E-state index contributed by atoms with van der Waals surface area (Å²) in [4.78, 5) is 2.31. The summed E-state index contributed by atoms with van der Waals surface area (Å²) in [7, 11) is 0. The average molecular weight is 168 g/mol. The smallest absolute Gasteiger partial charge is 0.117 e. The predicted molar refractivity (Wildman–Crippen MR) is 50.1 cm³/mol. The lowest BCUT2D eigenvalue weighted by Gasteiger charge is -2.28. The van der Waals surface area contributed by atoms with Gasteiger partial charge in [0.2, 0.25) is 0 Å². The molecule has 0 unspecified atom stereocenters. The van der Waals surface area contributed by atoms with E-state index in [9.17, 15) is 0 Å². The van der Waals surface area contributed by atoms with Gasteiger partial charge in [-0.25, -0.2) is 0 Å². The second kappa shape index (κ2) is 4.11. The summed E-state index contributed by atoms with van der Waals surface area (Å²) in [6, 6.07) is 0. The maximum Gasteiger partial charge on any atom is 0.117 e. The first-order valence-electron chi connectivity index (χ1n) is 4.23. The van der Waals surface area contributed by atoms with Crippen molar-refractivity contribution in [1.29, 1.82) is 5.41 Å². The Morgan fingerprint density at radius 3 is 3.17 bits per heavy atom. The van der Waals surface area contributed by atoms with E-state index in [1.54, 1.807) is 6.08 Å². The Hall–Kier alpha value is -1.03. The highest BCUT2D eigenvalue weighted by Crippen LogP contribution is 2.00. The largest absolute Gasteiger partial charge is 0.386 e. The number of rotatable bonds is 2. The molecule has 0 aromatic carbocycles. The molecular formula is C8H16N4. The maximum absolute atomic E-state index is 7.10. The fourth-order valence-electron chi connectivity index (χ4n) is 1.30. The quantitative estimate of drug-likeness (QED) is 0.393. The SMILES string of the molecule is CCN1CCN/C(=C\C(=N)N)C1. The number of amidine groups is 1. The third kappa shape index (κ3) is 2.54. The molecule has 1 saturated heterocycles. The van der Waals surface area contributed by atoms with Crippen LogP contribution in [0.15, 0.2) is 11.8 Å². The molecule has 0 spiro atoms. The van der Waals surface area contributed by atoms with E-state index in [-0.39, 0.29) is 5.84 Å². The minimum Gasteiger partial charge on any atom is -0.386 e. The highest BCUT2D eigenvalue weighted by Gasteiger charge is 2.10. The molecule has 0 amide bonds. The van der Waals surface area contributed by atoms with Gasteiger partial charge >= 0.3 is 0 Å². The Bertz CT molecular complexity index is 197. The van der Waals surface area contributed by atoms with Crippen LogP contribution in [0.4, 0.5) is 0 Å². The molecule has 0 bridgehead atoms. The van der Waals surface area contributed by atoms with Gasteiger partial charge in [0.05, 0.1) is 0 Å². The van der Waals surface area contributed by atoms with Gasteiger partial charge in [-0.05, 0) is 12.6 Å². The molecule has 0 atom stereocenters. The van der Waals surface area contributed by atoms with Gasteiger partial charge in [0.25, 0.3) is 0 Å². The Morgan fingerprint density at radius 2 is 2.58 bits per heavy atom. The molecule has 0 radical (unpaired) electrons. The molecule has 0 aliphatic carbocycles. The molecule has 0 aromatic rings. The van der Waals surface area contributed by atoms with Crippen molar-refractivity contribution in [2.45, 2.75) is 6.92 Å². The van der Waals surface area contributed by atoms with E-state index in [1.807, 2.05) is 0 Å². The van der Waals surface area contributed by atoms with Gasteiger partial charge in [0, 0.05) is 25.3 Å². The van der Waals surface area contributed by atoms with Gasteiger partial charge in [-0.1, -0.05) is 6.92 Å². The van der Waals surface area contributed by atoms with Crippen LogP contribution in [-0.4, -0.2) is 36.9 Å². The highest BCUT2D eigenvalue weighted by molar-refractivity contribution is 5.89. The van der Waals surface area contributed by atoms with Crippen molar-refractivity contribution in [3.63, 3.8) is 0 Å². The van der Waals surface area contributed by atoms with Crippen LogP contribution < -0.4 is 11.1 Å². The van der Waals surface area contributed by atoms with Crippen LogP contribution in [0.25, 0.3) is 0 Å². The summed E-state index contributed by atoms with van der Waals surface area (Å²) in [5.74, 6) is 0.121. The second-order valence-electron chi connectivity index (χ2n) is 2.92. The monoisotopic (exact) mass is 168 g/mol. The first kappa shape index (κ1) is 9.06. The van der Waals surface area contributed by atoms with Gasteiger partial charge < -0.3 is 11.1 Å². The molecule has 4 heteroatoms. The Morgan fingerprint density at radius 1 is 1.83 bits per heavy atom. The average Bonchev–Trinajstić information content (AvgIpc) is 2.03. The van der Waals surface area contributed by atoms with Crippen molar-refractivity contribution >= 4 is 5.84 Å². The standard InChI is InChI=1S/C8H16N4/c1-2-12-4-3-11-7(6-12)5-8(9)10/h5,11H,2-4,6H2,1H3,(H3,9,10)/b7-5-. The van der Waals surface area contributed by atoms with Crippen molar-refractivity contribution in [2.75, 3.05) is 26.2 Å². The molecular weight excluding hydrogens is 152 g/mol. The normalized spacial score (nSPS) is 22.2. The van der Waals surface area contributed by atoms with E-state index in [0.29, 0.717) is 0 Å². The fraction of sp³-hybridized carbons (Fsp3) is 0.625. The molecule has 1 heterocycles. The third-order valence-electron chi connectivity index (χ3n) is 1.95. The van der Waals surface area contributed by atoms with E-state index in [1.165, 1.54) is 0 Å². The zero-order chi connectivity index (χ0) is 8.97. The number of nitrogens with two attached hydrogens (primary N) is 1. The minimum absolute atomic E-state index is 0.121. The predicted octanol–water partition coefficient (Wildman–Crippen LogP) is -0.269. The molecule has 4 N–H and O–H groups in total. The number of nitrogens with one attached hydrogen (secondary N) is 2. The molecule has 12 heavy (non-hydrogen) atoms. The summed E-state index contributed by atoms with van der Waals surface area (Å²) in [5.41, 5.74) is 6.31. The van der Waals surface area contributed by atoms with Crippen molar-refractivity contribution in [2.24, 2.45) is 5.73 Å². The molecule has 68 valence electrons. The third-order valence-corrected chi connectivity index (χ3v) is 1.95. The van der Waals surface area contributed by atoms with Crippen molar-refractivity contribution in [1.82, 2.24) is 10.2 Å². The first-order chi connectivity index (χ1) is 5.72. The highest BCUT2D eigenvalue weighted by atomic mass is 15.2. The summed E-state index contributed by atoms with van der Waals surface area (Å²) in [5, 5.41) is 10.3. The van der Waals surface area contributed by atoms with Crippen molar-refractivity contribution < 1.29 is 0 Å². The molecule has 1 fully saturated rings. The van der Waals surface area contributed by atoms with E-state index in [2.05, 4.69) is 17.1 Å². The van der Waals surface area contributed by atoms with Crippen LogP contribution in [0.3, 0.4) is 0 Å². The van der Waals surface area contributed by atoms with E-state index < -0.39 is 0 Å². The van der Waals surface area contributed by atoms with Crippen LogP contribution in [0.1, 0.15) is 6.92 Å². The van der Waals surface area contributed by atoms with Gasteiger partial charge in [-0.15, -0.1) is 0 Å². The van der Waals surface area contributed by atoms with Crippen molar-refractivity contribution in [3.05, 3.63) is 11.8 Å².